The number of phenolic OH excluding ortho intramolecular Hbond substituents is 2. The topological polar surface area (TPSA) is 87.7 Å². The second kappa shape index (κ2) is 10.3. The van der Waals surface area contributed by atoms with Gasteiger partial charge in [-0.05, 0) is 35.4 Å². The number of carbonyl (C=O) groups is 1. The third-order valence-electron chi connectivity index (χ3n) is 5.24. The summed E-state index contributed by atoms with van der Waals surface area (Å²) in [6, 6.07) is 29.9. The van der Waals surface area contributed by atoms with E-state index in [1.54, 1.807) is 12.1 Å². The Morgan fingerprint density at radius 1 is 0.735 bits per heavy atom. The maximum Gasteiger partial charge on any atom is 0.200 e. The molecule has 5 heteroatoms. The molecule has 0 fully saturated rings. The van der Waals surface area contributed by atoms with Gasteiger partial charge in [0.25, 0.3) is 0 Å². The van der Waals surface area contributed by atoms with Gasteiger partial charge in [0, 0.05) is 18.1 Å². The van der Waals surface area contributed by atoms with Crippen molar-refractivity contribution >= 4 is 16.8 Å². The van der Waals surface area contributed by atoms with Crippen molar-refractivity contribution in [2.75, 3.05) is 0 Å². The predicted molar refractivity (Wildman–Crippen MR) is 132 cm³/mol. The molecule has 0 unspecified atom stereocenters. The number of carbonyl (C=O) groups excluding carboxylic acids is 1. The lowest BCUT2D eigenvalue weighted by Gasteiger charge is -2.03. The van der Waals surface area contributed by atoms with E-state index in [1.807, 2.05) is 60.7 Å². The lowest BCUT2D eigenvalue weighted by atomic mass is 10.0. The van der Waals surface area contributed by atoms with Gasteiger partial charge in [0.05, 0.1) is 10.9 Å². The van der Waals surface area contributed by atoms with Crippen molar-refractivity contribution in [3.8, 4) is 22.6 Å². The Morgan fingerprint density at radius 2 is 1.35 bits per heavy atom. The minimum Gasteiger partial charge on any atom is -0.508 e. The van der Waals surface area contributed by atoms with Crippen LogP contribution < -0.4 is 5.43 Å². The van der Waals surface area contributed by atoms with Crippen molar-refractivity contribution in [3.63, 3.8) is 0 Å². The molecule has 34 heavy (non-hydrogen) atoms. The maximum absolute atomic E-state index is 12.3. The van der Waals surface area contributed by atoms with E-state index < -0.39 is 0 Å². The zero-order valence-electron chi connectivity index (χ0n) is 18.2. The summed E-state index contributed by atoms with van der Waals surface area (Å²) in [5.41, 5.74) is 3.09. The molecule has 0 amide bonds. The third-order valence-corrected chi connectivity index (χ3v) is 5.24. The molecule has 5 aromatic rings. The quantitative estimate of drug-likeness (QED) is 0.329. The molecule has 2 N–H and O–H groups in total. The predicted octanol–water partition coefficient (Wildman–Crippen LogP) is 5.98. The Kier molecular flexibility index (Phi) is 6.84. The number of hydrogen-bond acceptors (Lipinski definition) is 5. The van der Waals surface area contributed by atoms with Crippen LogP contribution in [0.25, 0.3) is 22.1 Å². The number of hydrogen-bond donors (Lipinski definition) is 2. The second-order valence-corrected chi connectivity index (χ2v) is 7.66. The summed E-state index contributed by atoms with van der Waals surface area (Å²) in [5.74, 6) is 0.355. The first-order chi connectivity index (χ1) is 16.5. The van der Waals surface area contributed by atoms with Crippen LogP contribution >= 0.6 is 0 Å². The molecule has 0 atom stereocenters. The van der Waals surface area contributed by atoms with E-state index in [0.717, 1.165) is 11.1 Å². The van der Waals surface area contributed by atoms with Crippen LogP contribution in [0.2, 0.25) is 0 Å². The first-order valence-corrected chi connectivity index (χ1v) is 10.7. The van der Waals surface area contributed by atoms with Crippen LogP contribution in [-0.2, 0) is 6.42 Å². The van der Waals surface area contributed by atoms with E-state index in [0.29, 0.717) is 28.5 Å². The van der Waals surface area contributed by atoms with Gasteiger partial charge in [-0.2, -0.15) is 0 Å². The van der Waals surface area contributed by atoms with Gasteiger partial charge < -0.3 is 14.6 Å². The van der Waals surface area contributed by atoms with Crippen LogP contribution in [0.4, 0.5) is 0 Å². The number of ketones is 1. The van der Waals surface area contributed by atoms with E-state index in [1.165, 1.54) is 36.6 Å². The van der Waals surface area contributed by atoms with E-state index in [2.05, 4.69) is 0 Å². The van der Waals surface area contributed by atoms with Crippen molar-refractivity contribution in [3.05, 3.63) is 131 Å². The van der Waals surface area contributed by atoms with Crippen molar-refractivity contribution < 1.29 is 19.4 Å². The lowest BCUT2D eigenvalue weighted by Crippen LogP contribution is -2.04. The van der Waals surface area contributed by atoms with E-state index in [4.69, 9.17) is 4.42 Å². The molecular formula is C29H22O5. The highest BCUT2D eigenvalue weighted by atomic mass is 16.3. The largest absolute Gasteiger partial charge is 0.508 e. The summed E-state index contributed by atoms with van der Waals surface area (Å²) in [6.45, 7) is 0. The van der Waals surface area contributed by atoms with Crippen molar-refractivity contribution in [2.45, 2.75) is 6.42 Å². The molecule has 0 aliphatic rings. The van der Waals surface area contributed by atoms with Crippen LogP contribution in [0.1, 0.15) is 15.9 Å². The molecule has 0 saturated heterocycles. The zero-order valence-corrected chi connectivity index (χ0v) is 18.2. The molecule has 0 aliphatic carbocycles. The number of aromatic hydroxyl groups is 2. The van der Waals surface area contributed by atoms with E-state index in [9.17, 15) is 19.8 Å². The number of rotatable bonds is 4. The minimum atomic E-state index is -0.174. The molecule has 0 saturated carbocycles. The zero-order chi connectivity index (χ0) is 23.9. The minimum absolute atomic E-state index is 0.0491. The summed E-state index contributed by atoms with van der Waals surface area (Å²) in [7, 11) is 0. The van der Waals surface area contributed by atoms with Gasteiger partial charge in [-0.15, -0.1) is 0 Å². The molecule has 0 bridgehead atoms. The Balaban J connectivity index is 0.000000166. The molecule has 168 valence electrons. The highest BCUT2D eigenvalue weighted by Crippen LogP contribution is 2.23. The van der Waals surface area contributed by atoms with Gasteiger partial charge >= 0.3 is 0 Å². The molecule has 1 heterocycles. The van der Waals surface area contributed by atoms with Crippen molar-refractivity contribution in [1.82, 2.24) is 0 Å². The Bertz CT molecular complexity index is 1450. The maximum atomic E-state index is 12.3. The second-order valence-electron chi connectivity index (χ2n) is 7.66. The third kappa shape index (κ3) is 5.40. The SMILES string of the molecule is O=C(Cc1ccccc1)c1ccccc1.O=c1c(-c2ccc(O)cc2)coc2cc(O)ccc12. The molecule has 5 rings (SSSR count). The highest BCUT2D eigenvalue weighted by molar-refractivity contribution is 5.97. The average Bonchev–Trinajstić information content (AvgIpc) is 2.86. The van der Waals surface area contributed by atoms with Crippen molar-refractivity contribution in [1.29, 1.82) is 0 Å². The van der Waals surface area contributed by atoms with Gasteiger partial charge in [0.1, 0.15) is 23.3 Å². The molecule has 1 aromatic heterocycles. The standard InChI is InChI=1S/C15H10O4.C14H12O/c16-10-3-1-9(2-4-10)13-8-19-14-7-11(17)5-6-12(14)15(13)18;15-14(13-9-5-2-6-10-13)11-12-7-3-1-4-8-12/h1-8,16-17H;1-10H,11H2. The smallest absolute Gasteiger partial charge is 0.200 e. The Morgan fingerprint density at radius 3 is 2.03 bits per heavy atom. The van der Waals surface area contributed by atoms with Gasteiger partial charge in [-0.1, -0.05) is 72.8 Å². The summed E-state index contributed by atoms with van der Waals surface area (Å²) in [5, 5.41) is 19.0. The molecule has 5 nitrogen and oxygen atoms in total. The van der Waals surface area contributed by atoms with Crippen LogP contribution in [0.3, 0.4) is 0 Å². The van der Waals surface area contributed by atoms with Crippen LogP contribution in [0.5, 0.6) is 11.5 Å². The van der Waals surface area contributed by atoms with Gasteiger partial charge in [-0.3, -0.25) is 9.59 Å². The monoisotopic (exact) mass is 450 g/mol. The lowest BCUT2D eigenvalue weighted by molar-refractivity contribution is 0.0993. The van der Waals surface area contributed by atoms with Crippen LogP contribution in [-0.4, -0.2) is 16.0 Å². The number of Topliss-reactive ketones (excluding diaryl/α,β-unsaturated/α-hetero) is 1. The van der Waals surface area contributed by atoms with Crippen molar-refractivity contribution in [2.24, 2.45) is 0 Å². The fourth-order valence-corrected chi connectivity index (χ4v) is 3.46. The van der Waals surface area contributed by atoms with Gasteiger partial charge in [-0.25, -0.2) is 0 Å². The summed E-state index contributed by atoms with van der Waals surface area (Å²) >= 11 is 0. The normalized spacial score (nSPS) is 10.4. The Hall–Kier alpha value is -4.64. The first kappa shape index (κ1) is 22.6. The summed E-state index contributed by atoms with van der Waals surface area (Å²) in [6.07, 6.45) is 1.83. The fourth-order valence-electron chi connectivity index (χ4n) is 3.46. The fraction of sp³-hybridized carbons (Fsp3) is 0.0345. The first-order valence-electron chi connectivity index (χ1n) is 10.7. The van der Waals surface area contributed by atoms with Crippen LogP contribution in [0, 0.1) is 0 Å². The van der Waals surface area contributed by atoms with E-state index >= 15 is 0 Å². The molecule has 0 spiro atoms. The summed E-state index contributed by atoms with van der Waals surface area (Å²) < 4.78 is 5.37. The van der Waals surface area contributed by atoms with E-state index in [-0.39, 0.29) is 22.7 Å². The average molecular weight is 450 g/mol. The van der Waals surface area contributed by atoms with Gasteiger partial charge in [0.2, 0.25) is 0 Å². The molecule has 4 aromatic carbocycles. The van der Waals surface area contributed by atoms with Crippen LogP contribution in [0.15, 0.2) is 119 Å². The number of phenols is 2. The number of fused-ring (bicyclic) bond motifs is 1. The van der Waals surface area contributed by atoms with Gasteiger partial charge in [0.15, 0.2) is 11.2 Å². The molecule has 0 aliphatic heterocycles. The molecular weight excluding hydrogens is 428 g/mol. The summed E-state index contributed by atoms with van der Waals surface area (Å²) in [4.78, 5) is 24.1. The highest BCUT2D eigenvalue weighted by Gasteiger charge is 2.09. The Labute approximate surface area is 196 Å². The molecule has 0 radical (unpaired) electrons. The number of benzene rings is 4.